The fourth-order valence-electron chi connectivity index (χ4n) is 21.0. The van der Waals surface area contributed by atoms with Crippen LogP contribution in [0.2, 0.25) is 0 Å². The largest absolute Gasteiger partial charge is 0.458 e. The molecule has 0 atom stereocenters. The third-order valence-corrected chi connectivity index (χ3v) is 25.4. The molecule has 16 aromatic carbocycles. The van der Waals surface area contributed by atoms with Gasteiger partial charge in [-0.2, -0.15) is 0 Å². The molecule has 0 unspecified atom stereocenters. The van der Waals surface area contributed by atoms with E-state index in [2.05, 4.69) is 361 Å². The first-order valence-electron chi connectivity index (χ1n) is 39.0. The summed E-state index contributed by atoms with van der Waals surface area (Å²) in [6.07, 6.45) is 0. The summed E-state index contributed by atoms with van der Waals surface area (Å²) in [7, 11) is 0. The number of hydrogen-bond donors (Lipinski definition) is 0. The Morgan fingerprint density at radius 3 is 1.03 bits per heavy atom. The SMILES string of the molecule is Cc1ccc2c(c1)-n1c3ccccc3c3ccc4c(c31)B2c1ccccc1O4.Cc1ccc2c(c1)B1c3ccccc3Oc3ccc4c5ccccc5n-2c4c31.Cc1cccc2c1B1c3ccccc3-n3c4ccccc4c4ccc(c1c43)O2.Cc1cccc2c1B1c3ccccc3Oc3ccc4c5ccccc5n-2c4c31. The van der Waals surface area contributed by atoms with Crippen LogP contribution in [0.4, 0.5) is 0 Å². The lowest BCUT2D eigenvalue weighted by atomic mass is 9.34. The van der Waals surface area contributed by atoms with Crippen molar-refractivity contribution in [3.8, 4) is 68.7 Å². The van der Waals surface area contributed by atoms with Crippen LogP contribution in [-0.4, -0.2) is 45.1 Å². The Morgan fingerprint density at radius 1 is 0.196 bits per heavy atom. The van der Waals surface area contributed by atoms with Crippen LogP contribution in [0.3, 0.4) is 0 Å². The van der Waals surface area contributed by atoms with Crippen LogP contribution in [0, 0.1) is 27.7 Å². The number of para-hydroxylation sites is 8. The van der Waals surface area contributed by atoms with Crippen molar-refractivity contribution in [2.45, 2.75) is 27.7 Å². The van der Waals surface area contributed by atoms with Gasteiger partial charge < -0.3 is 37.2 Å². The van der Waals surface area contributed by atoms with E-state index in [0.29, 0.717) is 0 Å². The molecule has 0 radical (unpaired) electrons. The summed E-state index contributed by atoms with van der Waals surface area (Å²) in [6, 6.07) is 113. The Labute approximate surface area is 646 Å². The minimum atomic E-state index is 0.204. The number of hydrogen-bond acceptors (Lipinski definition) is 4. The molecule has 0 aliphatic carbocycles. The fraction of sp³-hybridized carbons (Fsp3) is 0.0400. The van der Waals surface area contributed by atoms with Gasteiger partial charge in [0.15, 0.2) is 0 Å². The first kappa shape index (κ1) is 62.1. The van der Waals surface area contributed by atoms with Gasteiger partial charge in [-0.1, -0.05) is 211 Å². The van der Waals surface area contributed by atoms with Crippen LogP contribution >= 0.6 is 0 Å². The summed E-state index contributed by atoms with van der Waals surface area (Å²) in [5.74, 6) is 7.81. The maximum atomic E-state index is 6.42. The van der Waals surface area contributed by atoms with Gasteiger partial charge in [0.25, 0.3) is 26.9 Å². The predicted octanol–water partition coefficient (Wildman–Crippen LogP) is 16.1. The molecule has 8 aliphatic heterocycles. The number of nitrogens with zero attached hydrogens (tertiary/aromatic N) is 4. The van der Waals surface area contributed by atoms with Gasteiger partial charge in [0.2, 0.25) is 0 Å². The second-order valence-electron chi connectivity index (χ2n) is 31.3. The lowest BCUT2D eigenvalue weighted by Gasteiger charge is -2.33. The van der Waals surface area contributed by atoms with Crippen LogP contribution < -0.4 is 84.5 Å². The fourth-order valence-corrected chi connectivity index (χ4v) is 21.0. The van der Waals surface area contributed by atoms with E-state index in [0.717, 1.165) is 46.0 Å². The molecule has 0 saturated heterocycles. The minimum Gasteiger partial charge on any atom is -0.458 e. The van der Waals surface area contributed by atoms with Crippen LogP contribution in [0.15, 0.2) is 315 Å². The van der Waals surface area contributed by atoms with Crippen molar-refractivity contribution in [3.63, 3.8) is 0 Å². The summed E-state index contributed by atoms with van der Waals surface area (Å²) in [6.45, 7) is 9.59. The van der Waals surface area contributed by atoms with Gasteiger partial charge in [-0.25, -0.2) is 0 Å². The van der Waals surface area contributed by atoms with E-state index >= 15 is 0 Å². The highest BCUT2D eigenvalue weighted by atomic mass is 16.5. The van der Waals surface area contributed by atoms with Gasteiger partial charge in [0.05, 0.1) is 44.1 Å². The molecule has 0 amide bonds. The van der Waals surface area contributed by atoms with E-state index in [1.807, 2.05) is 0 Å². The second-order valence-corrected chi connectivity index (χ2v) is 31.3. The van der Waals surface area contributed by atoms with Crippen LogP contribution in [0.25, 0.3) is 110 Å². The predicted molar refractivity (Wildman–Crippen MR) is 467 cm³/mol. The minimum absolute atomic E-state index is 0.204. The van der Waals surface area contributed by atoms with Crippen molar-refractivity contribution >= 4 is 180 Å². The molecule has 12 heterocycles. The molecule has 4 aromatic heterocycles. The van der Waals surface area contributed by atoms with Crippen LogP contribution in [0.5, 0.6) is 46.0 Å². The molecule has 0 spiro atoms. The second kappa shape index (κ2) is 22.9. The third-order valence-electron chi connectivity index (χ3n) is 25.4. The summed E-state index contributed by atoms with van der Waals surface area (Å²) in [5.41, 5.74) is 36.2. The number of benzene rings is 16. The smallest absolute Gasteiger partial charge is 0.256 e. The molecule has 520 valence electrons. The van der Waals surface area contributed by atoms with E-state index in [1.54, 1.807) is 0 Å². The van der Waals surface area contributed by atoms with E-state index in [9.17, 15) is 0 Å². The van der Waals surface area contributed by atoms with Gasteiger partial charge in [-0.3, -0.25) is 0 Å². The van der Waals surface area contributed by atoms with E-state index < -0.39 is 0 Å². The zero-order chi connectivity index (χ0) is 73.6. The molecular weight excluding hydrogens is 1360 g/mol. The molecule has 8 aliphatic rings. The van der Waals surface area contributed by atoms with Crippen molar-refractivity contribution in [1.82, 2.24) is 18.3 Å². The van der Waals surface area contributed by atoms with E-state index in [1.165, 1.54) is 198 Å². The molecule has 0 saturated carbocycles. The van der Waals surface area contributed by atoms with Gasteiger partial charge in [-0.15, -0.1) is 0 Å². The molecule has 8 nitrogen and oxygen atoms in total. The zero-order valence-electron chi connectivity index (χ0n) is 61.8. The zero-order valence-corrected chi connectivity index (χ0v) is 61.8. The molecule has 0 N–H and O–H groups in total. The van der Waals surface area contributed by atoms with Gasteiger partial charge in [-0.05, 0) is 220 Å². The molecular formula is C100H64B4N4O4. The monoisotopic (exact) mass is 1430 g/mol. The Kier molecular flexibility index (Phi) is 12.7. The van der Waals surface area contributed by atoms with E-state index in [-0.39, 0.29) is 26.9 Å². The first-order chi connectivity index (χ1) is 55.3. The van der Waals surface area contributed by atoms with Crippen molar-refractivity contribution < 1.29 is 18.9 Å². The standard InChI is InChI=1S/4C25H16BNO/c1-15-7-6-11-20-23(15)26-18-9-3-5-12-21(18)28-22-14-13-17-16-8-2-4-10-19(16)27(20)25(17)24(22)26;1-15-7-6-12-21-23(15)26-18-9-3-5-11-20(18)27-19-10-4-2-8-16(19)17-13-14-22(28-21)24(26)25(17)27;1-15-10-12-18-21(14-15)27-20-8-4-2-6-16(20)17-11-13-23-24(25(17)27)26(18)19-7-3-5-9-22(19)28-23;1-15-10-12-21-19(14-15)26-18-7-3-5-9-22(18)28-23-13-11-17-16-6-2-4-8-20(16)27(21)25(17)24(23)26/h4*2-14H,1H3. The summed E-state index contributed by atoms with van der Waals surface area (Å²) >= 11 is 0. The molecule has 0 fully saturated rings. The van der Waals surface area contributed by atoms with Gasteiger partial charge >= 0.3 is 0 Å². The Morgan fingerprint density at radius 2 is 0.518 bits per heavy atom. The third kappa shape index (κ3) is 8.29. The normalized spacial score (nSPS) is 13.4. The number of aromatic nitrogens is 4. The molecule has 28 rings (SSSR count). The highest BCUT2D eigenvalue weighted by molar-refractivity contribution is 7.01. The van der Waals surface area contributed by atoms with Crippen molar-refractivity contribution in [2.75, 3.05) is 0 Å². The molecule has 20 aromatic rings. The quantitative estimate of drug-likeness (QED) is 0.142. The maximum Gasteiger partial charge on any atom is 0.256 e. The van der Waals surface area contributed by atoms with Gasteiger partial charge in [0, 0.05) is 65.8 Å². The highest BCUT2D eigenvalue weighted by Gasteiger charge is 2.46. The summed E-state index contributed by atoms with van der Waals surface area (Å²) in [4.78, 5) is 0. The molecule has 0 bridgehead atoms. The van der Waals surface area contributed by atoms with Crippen LogP contribution in [-0.2, 0) is 0 Å². The number of rotatable bonds is 0. The summed E-state index contributed by atoms with van der Waals surface area (Å²) < 4.78 is 35.3. The Hall–Kier alpha value is -13.8. The lowest BCUT2D eigenvalue weighted by molar-refractivity contribution is 0.487. The number of fused-ring (bicyclic) bond motifs is 32. The van der Waals surface area contributed by atoms with Crippen molar-refractivity contribution in [1.29, 1.82) is 0 Å². The summed E-state index contributed by atoms with van der Waals surface area (Å²) in [5, 5.41) is 10.4. The number of aryl methyl sites for hydroxylation is 4. The number of ether oxygens (including phenoxy) is 4. The average Bonchev–Trinajstić information content (AvgIpc) is 1.49. The van der Waals surface area contributed by atoms with Crippen molar-refractivity contribution in [2.24, 2.45) is 0 Å². The molecule has 112 heavy (non-hydrogen) atoms. The van der Waals surface area contributed by atoms with Crippen molar-refractivity contribution in [3.05, 3.63) is 338 Å². The molecule has 12 heteroatoms. The topological polar surface area (TPSA) is 56.6 Å². The average molecular weight is 1430 g/mol. The Bertz CT molecular complexity index is 7560. The van der Waals surface area contributed by atoms with Gasteiger partial charge in [0.1, 0.15) is 46.0 Å². The highest BCUT2D eigenvalue weighted by Crippen LogP contribution is 2.44. The van der Waals surface area contributed by atoms with E-state index in [4.69, 9.17) is 18.9 Å². The maximum absolute atomic E-state index is 6.42. The lowest BCUT2D eigenvalue weighted by Crippen LogP contribution is -2.59. The van der Waals surface area contributed by atoms with Crippen LogP contribution in [0.1, 0.15) is 22.3 Å². The first-order valence-corrected chi connectivity index (χ1v) is 39.0. The Balaban J connectivity index is 0.0000000847.